The van der Waals surface area contributed by atoms with Crippen LogP contribution in [0, 0.1) is 6.92 Å². The molecule has 0 N–H and O–H groups in total. The van der Waals surface area contributed by atoms with Gasteiger partial charge in [0.15, 0.2) is 0 Å². The van der Waals surface area contributed by atoms with Gasteiger partial charge in [-0.1, -0.05) is 42.3 Å². The van der Waals surface area contributed by atoms with Crippen LogP contribution in [0.3, 0.4) is 0 Å². The van der Waals surface area contributed by atoms with Gasteiger partial charge in [-0.2, -0.15) is 4.31 Å². The highest BCUT2D eigenvalue weighted by Gasteiger charge is 2.28. The molecule has 7 heteroatoms. The van der Waals surface area contributed by atoms with Crippen LogP contribution in [-0.4, -0.2) is 31.8 Å². The van der Waals surface area contributed by atoms with Gasteiger partial charge in [-0.3, -0.25) is 0 Å². The van der Waals surface area contributed by atoms with Crippen molar-refractivity contribution in [1.29, 1.82) is 0 Å². The molecular weight excluding hydrogens is 398 g/mol. The number of nitrogens with zero attached hydrogens (tertiary/aromatic N) is 1. The van der Waals surface area contributed by atoms with Crippen LogP contribution in [0.25, 0.3) is 0 Å². The number of piperidine rings is 1. The lowest BCUT2D eigenvalue weighted by molar-refractivity contribution is 0.0338. The molecule has 2 aromatic carbocycles. The Labute approximate surface area is 171 Å². The molecule has 1 atom stereocenters. The second-order valence-corrected chi connectivity index (χ2v) is 9.33. The van der Waals surface area contributed by atoms with Gasteiger partial charge < -0.3 is 4.74 Å². The standard InChI is InChI=1S/C21H24ClNO4S/c1-15-10-11-17(14-20(15)28(25,26)23-12-6-3-7-13-23)21(24)27-16(2)18-8-4-5-9-19(18)22/h4-5,8-11,14,16H,3,6-7,12-13H2,1-2H3/t16-/m0/s1. The largest absolute Gasteiger partial charge is 0.454 e. The minimum absolute atomic E-state index is 0.161. The third kappa shape index (κ3) is 4.40. The molecule has 1 fully saturated rings. The summed E-state index contributed by atoms with van der Waals surface area (Å²) in [6.07, 6.45) is 2.20. The Morgan fingerprint density at radius 1 is 1.11 bits per heavy atom. The lowest BCUT2D eigenvalue weighted by atomic mass is 10.1. The molecule has 0 bridgehead atoms. The Kier molecular flexibility index (Phi) is 6.43. The van der Waals surface area contributed by atoms with Crippen LogP contribution in [-0.2, 0) is 14.8 Å². The fourth-order valence-corrected chi connectivity index (χ4v) is 5.40. The molecule has 0 aromatic heterocycles. The first kappa shape index (κ1) is 20.8. The van der Waals surface area contributed by atoms with Crippen LogP contribution in [0.2, 0.25) is 5.02 Å². The number of aryl methyl sites for hydroxylation is 1. The van der Waals surface area contributed by atoms with Gasteiger partial charge in [-0.25, -0.2) is 13.2 Å². The van der Waals surface area contributed by atoms with Gasteiger partial charge in [-0.05, 0) is 50.5 Å². The van der Waals surface area contributed by atoms with Crippen LogP contribution in [0.1, 0.15) is 53.8 Å². The predicted octanol–water partition coefficient (Wildman–Crippen LogP) is 4.74. The quantitative estimate of drug-likeness (QED) is 0.654. The zero-order chi connectivity index (χ0) is 20.3. The van der Waals surface area contributed by atoms with Crippen molar-refractivity contribution in [3.63, 3.8) is 0 Å². The molecule has 0 radical (unpaired) electrons. The van der Waals surface area contributed by atoms with E-state index in [0.29, 0.717) is 29.2 Å². The normalized spacial score (nSPS) is 16.5. The summed E-state index contributed by atoms with van der Waals surface area (Å²) in [5.74, 6) is -0.581. The van der Waals surface area contributed by atoms with E-state index in [1.807, 2.05) is 6.07 Å². The average molecular weight is 422 g/mol. The predicted molar refractivity (Wildman–Crippen MR) is 109 cm³/mol. The number of benzene rings is 2. The first-order valence-corrected chi connectivity index (χ1v) is 11.2. The molecule has 0 unspecified atom stereocenters. The topological polar surface area (TPSA) is 63.7 Å². The second kappa shape index (κ2) is 8.64. The molecule has 0 aliphatic carbocycles. The van der Waals surface area contributed by atoms with Crippen molar-refractivity contribution in [3.05, 3.63) is 64.2 Å². The van der Waals surface area contributed by atoms with Gasteiger partial charge in [-0.15, -0.1) is 0 Å². The van der Waals surface area contributed by atoms with Gasteiger partial charge in [0.05, 0.1) is 10.5 Å². The van der Waals surface area contributed by atoms with Crippen LogP contribution in [0.4, 0.5) is 0 Å². The Morgan fingerprint density at radius 3 is 2.46 bits per heavy atom. The van der Waals surface area contributed by atoms with Crippen molar-refractivity contribution < 1.29 is 17.9 Å². The summed E-state index contributed by atoms with van der Waals surface area (Å²) in [4.78, 5) is 12.8. The lowest BCUT2D eigenvalue weighted by Gasteiger charge is -2.26. The summed E-state index contributed by atoms with van der Waals surface area (Å²) in [5.41, 5.74) is 1.52. The van der Waals surface area contributed by atoms with E-state index in [0.717, 1.165) is 19.3 Å². The number of hydrogen-bond acceptors (Lipinski definition) is 4. The number of carbonyl (C=O) groups is 1. The molecule has 0 saturated carbocycles. The van der Waals surface area contributed by atoms with E-state index in [9.17, 15) is 13.2 Å². The molecule has 5 nitrogen and oxygen atoms in total. The van der Waals surface area contributed by atoms with Gasteiger partial charge in [0.1, 0.15) is 6.10 Å². The monoisotopic (exact) mass is 421 g/mol. The molecule has 0 amide bonds. The molecule has 1 heterocycles. The Hall–Kier alpha value is -1.89. The molecule has 1 saturated heterocycles. The van der Waals surface area contributed by atoms with E-state index < -0.39 is 22.1 Å². The van der Waals surface area contributed by atoms with E-state index in [4.69, 9.17) is 16.3 Å². The van der Waals surface area contributed by atoms with E-state index in [2.05, 4.69) is 0 Å². The number of ether oxygens (including phenoxy) is 1. The van der Waals surface area contributed by atoms with Crippen molar-refractivity contribution in [2.75, 3.05) is 13.1 Å². The summed E-state index contributed by atoms with van der Waals surface area (Å²) in [7, 11) is -3.63. The van der Waals surface area contributed by atoms with Crippen LogP contribution >= 0.6 is 11.6 Å². The molecule has 150 valence electrons. The highest BCUT2D eigenvalue weighted by Crippen LogP contribution is 2.28. The maximum absolute atomic E-state index is 13.0. The third-order valence-corrected chi connectivity index (χ3v) is 7.37. The molecule has 2 aromatic rings. The summed E-state index contributed by atoms with van der Waals surface area (Å²) in [5, 5.41) is 0.514. The van der Waals surface area contributed by atoms with Crippen molar-refractivity contribution in [2.45, 2.75) is 44.1 Å². The molecule has 1 aliphatic rings. The van der Waals surface area contributed by atoms with E-state index >= 15 is 0 Å². The SMILES string of the molecule is Cc1ccc(C(=O)O[C@@H](C)c2ccccc2Cl)cc1S(=O)(=O)N1CCCCC1. The number of carbonyl (C=O) groups excluding carboxylic acids is 1. The highest BCUT2D eigenvalue weighted by atomic mass is 35.5. The number of sulfonamides is 1. The molecule has 1 aliphatic heterocycles. The van der Waals surface area contributed by atoms with Crippen molar-refractivity contribution in [3.8, 4) is 0 Å². The summed E-state index contributed by atoms with van der Waals surface area (Å²) in [6.45, 7) is 4.50. The molecule has 28 heavy (non-hydrogen) atoms. The summed E-state index contributed by atoms with van der Waals surface area (Å²) >= 11 is 6.16. The Bertz CT molecular complexity index is 968. The first-order chi connectivity index (χ1) is 13.3. The fourth-order valence-electron chi connectivity index (χ4n) is 3.35. The summed E-state index contributed by atoms with van der Waals surface area (Å²) < 4.78 is 33.1. The summed E-state index contributed by atoms with van der Waals surface area (Å²) in [6, 6.07) is 11.8. The smallest absolute Gasteiger partial charge is 0.338 e. The lowest BCUT2D eigenvalue weighted by Crippen LogP contribution is -2.36. The van der Waals surface area contributed by atoms with Crippen molar-refractivity contribution in [1.82, 2.24) is 4.31 Å². The third-order valence-electron chi connectivity index (χ3n) is 4.98. The number of rotatable bonds is 5. The maximum Gasteiger partial charge on any atom is 0.338 e. The minimum Gasteiger partial charge on any atom is -0.454 e. The molecule has 3 rings (SSSR count). The number of esters is 1. The number of halogens is 1. The Balaban J connectivity index is 1.84. The molecular formula is C21H24ClNO4S. The van der Waals surface area contributed by atoms with E-state index in [1.54, 1.807) is 44.2 Å². The zero-order valence-corrected chi connectivity index (χ0v) is 17.6. The van der Waals surface area contributed by atoms with E-state index in [1.165, 1.54) is 10.4 Å². The van der Waals surface area contributed by atoms with Crippen molar-refractivity contribution in [2.24, 2.45) is 0 Å². The van der Waals surface area contributed by atoms with Gasteiger partial charge in [0.25, 0.3) is 0 Å². The van der Waals surface area contributed by atoms with Crippen LogP contribution in [0.5, 0.6) is 0 Å². The van der Waals surface area contributed by atoms with Gasteiger partial charge in [0.2, 0.25) is 10.0 Å². The van der Waals surface area contributed by atoms with Gasteiger partial charge >= 0.3 is 5.97 Å². The van der Waals surface area contributed by atoms with Gasteiger partial charge in [0, 0.05) is 23.7 Å². The van der Waals surface area contributed by atoms with Crippen molar-refractivity contribution >= 4 is 27.6 Å². The maximum atomic E-state index is 13.0. The zero-order valence-electron chi connectivity index (χ0n) is 16.0. The number of hydrogen-bond donors (Lipinski definition) is 0. The molecule has 0 spiro atoms. The highest BCUT2D eigenvalue weighted by molar-refractivity contribution is 7.89. The average Bonchev–Trinajstić information content (AvgIpc) is 2.69. The second-order valence-electron chi connectivity index (χ2n) is 7.01. The minimum atomic E-state index is -3.63. The van der Waals surface area contributed by atoms with E-state index in [-0.39, 0.29) is 10.5 Å². The first-order valence-electron chi connectivity index (χ1n) is 9.37. The Morgan fingerprint density at radius 2 is 1.79 bits per heavy atom. The van der Waals surface area contributed by atoms with Crippen LogP contribution < -0.4 is 0 Å². The van der Waals surface area contributed by atoms with Crippen LogP contribution in [0.15, 0.2) is 47.4 Å². The fraction of sp³-hybridized carbons (Fsp3) is 0.381.